The van der Waals surface area contributed by atoms with Crippen LogP contribution >= 0.6 is 34.8 Å². The summed E-state index contributed by atoms with van der Waals surface area (Å²) >= 11 is 18.3. The van der Waals surface area contributed by atoms with Gasteiger partial charge in [-0.15, -0.1) is 0 Å². The maximum absolute atomic E-state index is 11.1. The van der Waals surface area contributed by atoms with E-state index in [1.54, 1.807) is 23.8 Å². The average molecular weight is 307 g/mol. The van der Waals surface area contributed by atoms with Gasteiger partial charge in [0.05, 0.1) is 22.7 Å². The maximum Gasteiger partial charge on any atom is 0.153 e. The number of benzene rings is 1. The number of aldehydes is 1. The molecule has 2 rings (SSSR count). The van der Waals surface area contributed by atoms with E-state index in [1.165, 1.54) is 0 Å². The number of fused-ring (bicyclic) bond motifs is 1. The van der Waals surface area contributed by atoms with Crippen molar-refractivity contribution in [2.24, 2.45) is 0 Å². The minimum atomic E-state index is 0.348. The molecule has 3 nitrogen and oxygen atoms in total. The fourth-order valence-corrected chi connectivity index (χ4v) is 2.80. The molecule has 0 atom stereocenters. The van der Waals surface area contributed by atoms with Gasteiger partial charge in [-0.05, 0) is 12.1 Å². The molecular formula is C12H10Cl3NO2. The molecule has 6 heteroatoms. The van der Waals surface area contributed by atoms with E-state index >= 15 is 0 Å². The third-order valence-corrected chi connectivity index (χ3v) is 3.61. The minimum absolute atomic E-state index is 0.348. The quantitative estimate of drug-likeness (QED) is 0.798. The van der Waals surface area contributed by atoms with Gasteiger partial charge in [-0.1, -0.05) is 34.8 Å². The molecule has 0 aliphatic carbocycles. The van der Waals surface area contributed by atoms with E-state index in [0.29, 0.717) is 45.6 Å². The van der Waals surface area contributed by atoms with E-state index in [4.69, 9.17) is 39.5 Å². The number of carbonyl (C=O) groups is 1. The second kappa shape index (κ2) is 5.49. The minimum Gasteiger partial charge on any atom is -0.383 e. The molecule has 18 heavy (non-hydrogen) atoms. The predicted molar refractivity (Wildman–Crippen MR) is 74.2 cm³/mol. The van der Waals surface area contributed by atoms with Gasteiger partial charge in [0.15, 0.2) is 6.29 Å². The van der Waals surface area contributed by atoms with Gasteiger partial charge in [-0.25, -0.2) is 0 Å². The van der Waals surface area contributed by atoms with Crippen LogP contribution in [0.5, 0.6) is 0 Å². The fraction of sp³-hybridized carbons (Fsp3) is 0.250. The molecule has 0 amide bonds. The van der Waals surface area contributed by atoms with Crippen molar-refractivity contribution in [3.05, 3.63) is 32.9 Å². The maximum atomic E-state index is 11.1. The zero-order chi connectivity index (χ0) is 13.3. The number of hydrogen-bond acceptors (Lipinski definition) is 2. The Bertz CT molecular complexity index is 607. The van der Waals surface area contributed by atoms with Crippen molar-refractivity contribution in [2.75, 3.05) is 13.7 Å². The fourth-order valence-electron chi connectivity index (χ4n) is 1.90. The molecule has 1 aromatic heterocycles. The van der Waals surface area contributed by atoms with Crippen molar-refractivity contribution in [3.8, 4) is 0 Å². The highest BCUT2D eigenvalue weighted by Gasteiger charge is 2.18. The second-order valence-corrected chi connectivity index (χ2v) is 4.95. The first-order valence-corrected chi connectivity index (χ1v) is 6.34. The Hall–Kier alpha value is -0.740. The zero-order valence-corrected chi connectivity index (χ0v) is 11.8. The van der Waals surface area contributed by atoms with E-state index in [2.05, 4.69) is 0 Å². The van der Waals surface area contributed by atoms with Crippen LogP contribution < -0.4 is 0 Å². The Kier molecular flexibility index (Phi) is 4.17. The highest BCUT2D eigenvalue weighted by atomic mass is 35.5. The second-order valence-electron chi connectivity index (χ2n) is 3.75. The number of carbonyl (C=O) groups excluding carboxylic acids is 1. The monoisotopic (exact) mass is 305 g/mol. The SMILES string of the molecule is COCCn1c(Cl)c(C=O)c2c(Cl)cc(Cl)cc21. The lowest BCUT2D eigenvalue weighted by Gasteiger charge is -2.06. The topological polar surface area (TPSA) is 31.2 Å². The third-order valence-electron chi connectivity index (χ3n) is 2.69. The number of hydrogen-bond donors (Lipinski definition) is 0. The van der Waals surface area contributed by atoms with E-state index in [-0.39, 0.29) is 0 Å². The molecule has 1 heterocycles. The van der Waals surface area contributed by atoms with Gasteiger partial charge in [-0.3, -0.25) is 4.79 Å². The summed E-state index contributed by atoms with van der Waals surface area (Å²) < 4.78 is 6.79. The van der Waals surface area contributed by atoms with Crippen LogP contribution in [0.3, 0.4) is 0 Å². The number of aromatic nitrogens is 1. The summed E-state index contributed by atoms with van der Waals surface area (Å²) in [5.74, 6) is 0. The van der Waals surface area contributed by atoms with Crippen LogP contribution in [0, 0.1) is 0 Å². The predicted octanol–water partition coefficient (Wildman–Crippen LogP) is 4.06. The van der Waals surface area contributed by atoms with E-state index in [0.717, 1.165) is 5.52 Å². The zero-order valence-electron chi connectivity index (χ0n) is 9.54. The normalized spacial score (nSPS) is 11.1. The van der Waals surface area contributed by atoms with Crippen LogP contribution in [-0.4, -0.2) is 24.6 Å². The summed E-state index contributed by atoms with van der Waals surface area (Å²) in [7, 11) is 1.60. The first-order chi connectivity index (χ1) is 8.60. The Balaban J connectivity index is 2.76. The molecule has 2 aromatic rings. The summed E-state index contributed by atoms with van der Waals surface area (Å²) in [6.07, 6.45) is 0.702. The summed E-state index contributed by atoms with van der Waals surface area (Å²) in [5.41, 5.74) is 1.11. The summed E-state index contributed by atoms with van der Waals surface area (Å²) in [6.45, 7) is 1.00. The number of ether oxygens (including phenoxy) is 1. The van der Waals surface area contributed by atoms with Crippen molar-refractivity contribution in [3.63, 3.8) is 0 Å². The first-order valence-electron chi connectivity index (χ1n) is 5.21. The molecule has 0 aliphatic heterocycles. The lowest BCUT2D eigenvalue weighted by atomic mass is 10.2. The van der Waals surface area contributed by atoms with Crippen LogP contribution in [-0.2, 0) is 11.3 Å². The van der Waals surface area contributed by atoms with Crippen LogP contribution in [0.25, 0.3) is 10.9 Å². The Morgan fingerprint density at radius 1 is 1.33 bits per heavy atom. The van der Waals surface area contributed by atoms with Crippen molar-refractivity contribution in [1.29, 1.82) is 0 Å². The van der Waals surface area contributed by atoms with E-state index in [9.17, 15) is 4.79 Å². The largest absolute Gasteiger partial charge is 0.383 e. The number of methoxy groups -OCH3 is 1. The van der Waals surface area contributed by atoms with E-state index in [1.807, 2.05) is 0 Å². The number of rotatable bonds is 4. The van der Waals surface area contributed by atoms with Crippen LogP contribution in [0.2, 0.25) is 15.2 Å². The summed E-state index contributed by atoms with van der Waals surface area (Å²) in [4.78, 5) is 11.1. The van der Waals surface area contributed by atoms with Crippen LogP contribution in [0.15, 0.2) is 12.1 Å². The number of nitrogens with zero attached hydrogens (tertiary/aromatic N) is 1. The van der Waals surface area contributed by atoms with Gasteiger partial charge >= 0.3 is 0 Å². The van der Waals surface area contributed by atoms with Gasteiger partial charge in [-0.2, -0.15) is 0 Å². The van der Waals surface area contributed by atoms with Crippen molar-refractivity contribution in [1.82, 2.24) is 4.57 Å². The Labute approximate surface area is 119 Å². The van der Waals surface area contributed by atoms with Gasteiger partial charge in [0, 0.05) is 24.1 Å². The molecule has 0 spiro atoms. The van der Waals surface area contributed by atoms with Gasteiger partial charge in [0.1, 0.15) is 5.15 Å². The molecule has 96 valence electrons. The van der Waals surface area contributed by atoms with Gasteiger partial charge in [0.25, 0.3) is 0 Å². The van der Waals surface area contributed by atoms with Crippen molar-refractivity contribution >= 4 is 52.0 Å². The highest BCUT2D eigenvalue weighted by molar-refractivity contribution is 6.41. The van der Waals surface area contributed by atoms with E-state index < -0.39 is 0 Å². The van der Waals surface area contributed by atoms with Crippen LogP contribution in [0.4, 0.5) is 0 Å². The summed E-state index contributed by atoms with van der Waals surface area (Å²) in [6, 6.07) is 3.33. The molecule has 0 N–H and O–H groups in total. The molecule has 0 saturated carbocycles. The summed E-state index contributed by atoms with van der Waals surface area (Å²) in [5, 5.41) is 1.88. The molecule has 0 saturated heterocycles. The first kappa shape index (κ1) is 13.7. The molecule has 0 radical (unpaired) electrons. The molecule has 0 bridgehead atoms. The lowest BCUT2D eigenvalue weighted by Crippen LogP contribution is -2.04. The van der Waals surface area contributed by atoms with Gasteiger partial charge < -0.3 is 9.30 Å². The van der Waals surface area contributed by atoms with Crippen molar-refractivity contribution < 1.29 is 9.53 Å². The van der Waals surface area contributed by atoms with Crippen LogP contribution in [0.1, 0.15) is 10.4 Å². The molecule has 0 unspecified atom stereocenters. The molecule has 0 aliphatic rings. The molecule has 0 fully saturated rings. The van der Waals surface area contributed by atoms with Crippen molar-refractivity contribution in [2.45, 2.75) is 6.54 Å². The average Bonchev–Trinajstić information content (AvgIpc) is 2.59. The highest BCUT2D eigenvalue weighted by Crippen LogP contribution is 2.36. The third kappa shape index (κ3) is 2.24. The molecular weight excluding hydrogens is 296 g/mol. The Morgan fingerprint density at radius 2 is 2.06 bits per heavy atom. The number of halogens is 3. The lowest BCUT2D eigenvalue weighted by molar-refractivity contribution is 0.112. The Morgan fingerprint density at radius 3 is 2.67 bits per heavy atom. The standard InChI is InChI=1S/C12H10Cl3NO2/c1-18-3-2-16-10-5-7(13)4-9(14)11(10)8(6-17)12(16)15/h4-6H,2-3H2,1H3. The van der Waals surface area contributed by atoms with Gasteiger partial charge in [0.2, 0.25) is 0 Å². The smallest absolute Gasteiger partial charge is 0.153 e. The molecule has 1 aromatic carbocycles.